The first kappa shape index (κ1) is 18.8. The normalized spacial score (nSPS) is 10.8. The first-order valence-electron chi connectivity index (χ1n) is 8.22. The zero-order chi connectivity index (χ0) is 19.9. The van der Waals surface area contributed by atoms with Crippen molar-refractivity contribution >= 4 is 23.7 Å². The number of rotatable bonds is 7. The van der Waals surface area contributed by atoms with Crippen LogP contribution in [0.4, 0.5) is 11.7 Å². The fraction of sp³-hybridized carbons (Fsp3) is 0.105. The molecular formula is C19H16N4O5. The molecule has 0 saturated carbocycles. The maximum Gasteiger partial charge on any atom is 0.322 e. The highest BCUT2D eigenvalue weighted by atomic mass is 16.6. The van der Waals surface area contributed by atoms with Crippen molar-refractivity contribution in [2.24, 2.45) is 0 Å². The first-order valence-corrected chi connectivity index (χ1v) is 8.22. The van der Waals surface area contributed by atoms with E-state index in [2.05, 4.69) is 15.5 Å². The van der Waals surface area contributed by atoms with Crippen molar-refractivity contribution in [2.45, 2.75) is 6.42 Å². The molecule has 0 aliphatic heterocycles. The Kier molecular flexibility index (Phi) is 5.75. The lowest BCUT2D eigenvalue weighted by Crippen LogP contribution is -2.07. The molecule has 1 aromatic heterocycles. The van der Waals surface area contributed by atoms with Crippen LogP contribution in [-0.2, 0) is 11.2 Å². The summed E-state index contributed by atoms with van der Waals surface area (Å²) in [4.78, 5) is 22.2. The molecule has 0 bridgehead atoms. The molecule has 1 N–H and O–H groups in total. The van der Waals surface area contributed by atoms with Gasteiger partial charge in [0.25, 0.3) is 11.6 Å². The standard InChI is InChI=1S/C19H16N4O5/c1-27-16-8-5-14(6-9-16)12-18-21-22-19(28-18)20-17(24)10-7-13-3-2-4-15(11-13)23(25)26/h2-11H,12H2,1H3,(H,20,22,24)/b10-7+. The predicted molar refractivity (Wildman–Crippen MR) is 101 cm³/mol. The van der Waals surface area contributed by atoms with Gasteiger partial charge < -0.3 is 9.15 Å². The number of non-ortho nitro benzene ring substituents is 1. The number of amides is 1. The number of hydrogen-bond donors (Lipinski definition) is 1. The van der Waals surface area contributed by atoms with Crippen LogP contribution in [0.1, 0.15) is 17.0 Å². The number of carbonyl (C=O) groups is 1. The fourth-order valence-electron chi connectivity index (χ4n) is 2.35. The first-order chi connectivity index (χ1) is 13.5. The molecule has 142 valence electrons. The summed E-state index contributed by atoms with van der Waals surface area (Å²) in [5, 5.41) is 20.9. The molecule has 0 atom stereocenters. The van der Waals surface area contributed by atoms with Crippen molar-refractivity contribution in [3.63, 3.8) is 0 Å². The predicted octanol–water partition coefficient (Wildman–Crippen LogP) is 3.23. The summed E-state index contributed by atoms with van der Waals surface area (Å²) in [5.74, 6) is 0.604. The summed E-state index contributed by atoms with van der Waals surface area (Å²) in [6.45, 7) is 0. The molecule has 0 aliphatic rings. The van der Waals surface area contributed by atoms with Gasteiger partial charge in [0.2, 0.25) is 5.89 Å². The second-order valence-electron chi connectivity index (χ2n) is 5.70. The van der Waals surface area contributed by atoms with E-state index in [0.29, 0.717) is 17.9 Å². The highest BCUT2D eigenvalue weighted by Crippen LogP contribution is 2.16. The monoisotopic (exact) mass is 380 g/mol. The Labute approximate surface area is 159 Å². The van der Waals surface area contributed by atoms with Crippen molar-refractivity contribution in [3.8, 4) is 5.75 Å². The summed E-state index contributed by atoms with van der Waals surface area (Å²) < 4.78 is 10.5. The number of benzene rings is 2. The van der Waals surface area contributed by atoms with Gasteiger partial charge >= 0.3 is 6.01 Å². The summed E-state index contributed by atoms with van der Waals surface area (Å²) in [6, 6.07) is 13.3. The minimum absolute atomic E-state index is 0.0304. The van der Waals surface area contributed by atoms with Gasteiger partial charge in [-0.1, -0.05) is 29.4 Å². The Morgan fingerprint density at radius 3 is 2.75 bits per heavy atom. The third kappa shape index (κ3) is 5.01. The number of carbonyl (C=O) groups excluding carboxylic acids is 1. The van der Waals surface area contributed by atoms with Crippen LogP contribution in [0.25, 0.3) is 6.08 Å². The SMILES string of the molecule is COc1ccc(Cc2nnc(NC(=O)/C=C/c3cccc([N+](=O)[O-])c3)o2)cc1. The van der Waals surface area contributed by atoms with E-state index in [4.69, 9.17) is 9.15 Å². The topological polar surface area (TPSA) is 120 Å². The Bertz CT molecular complexity index is 1010. The smallest absolute Gasteiger partial charge is 0.322 e. The molecule has 3 rings (SSSR count). The average molecular weight is 380 g/mol. The van der Waals surface area contributed by atoms with Crippen molar-refractivity contribution in [2.75, 3.05) is 12.4 Å². The van der Waals surface area contributed by atoms with E-state index in [-0.39, 0.29) is 11.7 Å². The summed E-state index contributed by atoms with van der Waals surface area (Å²) in [7, 11) is 1.59. The molecule has 0 spiro atoms. The molecule has 28 heavy (non-hydrogen) atoms. The zero-order valence-corrected chi connectivity index (χ0v) is 14.9. The van der Waals surface area contributed by atoms with Crippen molar-refractivity contribution in [1.29, 1.82) is 0 Å². The Morgan fingerprint density at radius 1 is 1.25 bits per heavy atom. The van der Waals surface area contributed by atoms with Crippen molar-refractivity contribution in [3.05, 3.63) is 81.7 Å². The molecule has 0 unspecified atom stereocenters. The second kappa shape index (κ2) is 8.58. The van der Waals surface area contributed by atoms with Gasteiger partial charge in [-0.2, -0.15) is 0 Å². The second-order valence-corrected chi connectivity index (χ2v) is 5.70. The van der Waals surface area contributed by atoms with Gasteiger partial charge in [0.15, 0.2) is 0 Å². The van der Waals surface area contributed by atoms with E-state index >= 15 is 0 Å². The molecular weight excluding hydrogens is 364 g/mol. The quantitative estimate of drug-likeness (QED) is 0.379. The largest absolute Gasteiger partial charge is 0.497 e. The van der Waals surface area contributed by atoms with Crippen LogP contribution >= 0.6 is 0 Å². The van der Waals surface area contributed by atoms with E-state index in [1.165, 1.54) is 24.3 Å². The number of hydrogen-bond acceptors (Lipinski definition) is 7. The van der Waals surface area contributed by atoms with E-state index in [0.717, 1.165) is 11.3 Å². The van der Waals surface area contributed by atoms with Crippen LogP contribution < -0.4 is 10.1 Å². The van der Waals surface area contributed by atoms with Gasteiger partial charge in [0.1, 0.15) is 5.75 Å². The molecule has 1 heterocycles. The van der Waals surface area contributed by atoms with Gasteiger partial charge in [-0.05, 0) is 29.3 Å². The highest BCUT2D eigenvalue weighted by molar-refractivity contribution is 6.00. The molecule has 0 aliphatic carbocycles. The molecule has 0 radical (unpaired) electrons. The Balaban J connectivity index is 1.58. The number of ether oxygens (including phenoxy) is 1. The van der Waals surface area contributed by atoms with Crippen molar-refractivity contribution < 1.29 is 18.9 Å². The van der Waals surface area contributed by atoms with Crippen LogP contribution in [0, 0.1) is 10.1 Å². The summed E-state index contributed by atoms with van der Waals surface area (Å²) in [6.07, 6.45) is 3.10. The van der Waals surface area contributed by atoms with Gasteiger partial charge in [-0.25, -0.2) is 0 Å². The summed E-state index contributed by atoms with van der Waals surface area (Å²) in [5.41, 5.74) is 1.42. The Hall–Kier alpha value is -4.01. The van der Waals surface area contributed by atoms with E-state index in [9.17, 15) is 14.9 Å². The van der Waals surface area contributed by atoms with Crippen molar-refractivity contribution in [1.82, 2.24) is 10.2 Å². The maximum atomic E-state index is 12.0. The number of nitro benzene ring substituents is 1. The van der Waals surface area contributed by atoms with Gasteiger partial charge in [0, 0.05) is 18.2 Å². The third-order valence-electron chi connectivity index (χ3n) is 3.72. The number of nitrogens with one attached hydrogen (secondary N) is 1. The molecule has 2 aromatic carbocycles. The molecule has 1 amide bonds. The van der Waals surface area contributed by atoms with Gasteiger partial charge in [-0.15, -0.1) is 5.10 Å². The zero-order valence-electron chi connectivity index (χ0n) is 14.9. The average Bonchev–Trinajstić information content (AvgIpc) is 3.14. The lowest BCUT2D eigenvalue weighted by atomic mass is 10.1. The number of nitro groups is 1. The molecule has 0 fully saturated rings. The lowest BCUT2D eigenvalue weighted by Gasteiger charge is -2.00. The third-order valence-corrected chi connectivity index (χ3v) is 3.72. The maximum absolute atomic E-state index is 12.0. The van der Waals surface area contributed by atoms with Crippen LogP contribution in [-0.4, -0.2) is 28.1 Å². The lowest BCUT2D eigenvalue weighted by molar-refractivity contribution is -0.384. The highest BCUT2D eigenvalue weighted by Gasteiger charge is 2.09. The molecule has 9 heteroatoms. The van der Waals surface area contributed by atoms with Crippen LogP contribution in [0.5, 0.6) is 5.75 Å². The van der Waals surface area contributed by atoms with E-state index in [1.807, 2.05) is 24.3 Å². The van der Waals surface area contributed by atoms with Crippen LogP contribution in [0.3, 0.4) is 0 Å². The number of aromatic nitrogens is 2. The van der Waals surface area contributed by atoms with Gasteiger partial charge in [0.05, 0.1) is 18.5 Å². The summed E-state index contributed by atoms with van der Waals surface area (Å²) >= 11 is 0. The number of methoxy groups -OCH3 is 1. The minimum atomic E-state index is -0.500. The number of nitrogens with zero attached hydrogens (tertiary/aromatic N) is 3. The van der Waals surface area contributed by atoms with Crippen LogP contribution in [0.15, 0.2) is 59.0 Å². The minimum Gasteiger partial charge on any atom is -0.497 e. The van der Waals surface area contributed by atoms with E-state index in [1.54, 1.807) is 19.2 Å². The van der Waals surface area contributed by atoms with Crippen LogP contribution in [0.2, 0.25) is 0 Å². The molecule has 3 aromatic rings. The molecule has 0 saturated heterocycles. The number of anilines is 1. The molecule has 9 nitrogen and oxygen atoms in total. The van der Waals surface area contributed by atoms with Gasteiger partial charge in [-0.3, -0.25) is 20.2 Å². The fourth-order valence-corrected chi connectivity index (χ4v) is 2.35. The Morgan fingerprint density at radius 2 is 2.04 bits per heavy atom. The van der Waals surface area contributed by atoms with E-state index < -0.39 is 10.8 Å².